The highest BCUT2D eigenvalue weighted by Gasteiger charge is 2.19. The molecule has 1 heterocycles. The molecule has 1 unspecified atom stereocenters. The molecule has 0 aliphatic heterocycles. The van der Waals surface area contributed by atoms with Crippen LogP contribution in [0.3, 0.4) is 0 Å². The first kappa shape index (κ1) is 15.2. The lowest BCUT2D eigenvalue weighted by molar-refractivity contribution is -0.138. The van der Waals surface area contributed by atoms with Crippen molar-refractivity contribution in [2.24, 2.45) is 7.05 Å². The van der Waals surface area contributed by atoms with Crippen molar-refractivity contribution in [3.8, 4) is 0 Å². The number of carboxylic acid groups (broad SMARTS) is 1. The molecule has 1 aromatic heterocycles. The Labute approximate surface area is 116 Å². The fraction of sp³-hybridized carbons (Fsp3) is 0.667. The fourth-order valence-corrected chi connectivity index (χ4v) is 2.47. The minimum Gasteiger partial charge on any atom is -0.481 e. The highest BCUT2D eigenvalue weighted by atomic mass is 79.9. The lowest BCUT2D eigenvalue weighted by atomic mass is 10.2. The highest BCUT2D eigenvalue weighted by molar-refractivity contribution is 9.10. The van der Waals surface area contributed by atoms with Crippen molar-refractivity contribution in [2.75, 3.05) is 6.54 Å². The molecule has 0 spiro atoms. The molecule has 0 aromatic carbocycles. The van der Waals surface area contributed by atoms with E-state index in [2.05, 4.69) is 25.9 Å². The van der Waals surface area contributed by atoms with Gasteiger partial charge < -0.3 is 5.11 Å². The maximum Gasteiger partial charge on any atom is 0.304 e. The number of hydrogen-bond acceptors (Lipinski definition) is 3. The molecule has 102 valence electrons. The van der Waals surface area contributed by atoms with E-state index in [9.17, 15) is 4.79 Å². The number of hydrogen-bond donors (Lipinski definition) is 1. The smallest absolute Gasteiger partial charge is 0.304 e. The standard InChI is InChI=1S/C12H20BrN3O2/c1-5-16(8(2)6-11(17)18)7-10-12(13)9(3)14-15(10)4/h8H,5-7H2,1-4H3,(H,17,18). The van der Waals surface area contributed by atoms with Gasteiger partial charge in [-0.1, -0.05) is 6.92 Å². The summed E-state index contributed by atoms with van der Waals surface area (Å²) in [6.07, 6.45) is 0.155. The minimum absolute atomic E-state index is 0.00889. The van der Waals surface area contributed by atoms with Gasteiger partial charge in [0.2, 0.25) is 0 Å². The summed E-state index contributed by atoms with van der Waals surface area (Å²) in [7, 11) is 1.91. The molecular weight excluding hydrogens is 298 g/mol. The Morgan fingerprint density at radius 2 is 2.22 bits per heavy atom. The van der Waals surface area contributed by atoms with E-state index in [1.807, 2.05) is 32.5 Å². The van der Waals surface area contributed by atoms with Gasteiger partial charge in [0.15, 0.2) is 0 Å². The van der Waals surface area contributed by atoms with Crippen LogP contribution in [-0.4, -0.2) is 38.3 Å². The van der Waals surface area contributed by atoms with Crippen molar-refractivity contribution in [3.63, 3.8) is 0 Å². The highest BCUT2D eigenvalue weighted by Crippen LogP contribution is 2.22. The summed E-state index contributed by atoms with van der Waals surface area (Å²) < 4.78 is 2.85. The molecule has 0 bridgehead atoms. The van der Waals surface area contributed by atoms with E-state index in [1.54, 1.807) is 0 Å². The van der Waals surface area contributed by atoms with E-state index in [4.69, 9.17) is 5.11 Å². The summed E-state index contributed by atoms with van der Waals surface area (Å²) in [6, 6.07) is 0.00889. The van der Waals surface area contributed by atoms with Crippen LogP contribution < -0.4 is 0 Å². The van der Waals surface area contributed by atoms with Crippen molar-refractivity contribution in [1.82, 2.24) is 14.7 Å². The van der Waals surface area contributed by atoms with Gasteiger partial charge in [-0.25, -0.2) is 0 Å². The molecule has 0 amide bonds. The second-order valence-corrected chi connectivity index (χ2v) is 5.27. The Kier molecular flexibility index (Phi) is 5.34. The number of nitrogens with zero attached hydrogens (tertiary/aromatic N) is 3. The molecule has 0 aliphatic rings. The predicted octanol–water partition coefficient (Wildman–Crippen LogP) is 2.18. The van der Waals surface area contributed by atoms with Gasteiger partial charge in [0.05, 0.1) is 22.3 Å². The summed E-state index contributed by atoms with van der Waals surface area (Å²) in [5, 5.41) is 13.2. The van der Waals surface area contributed by atoms with Crippen LogP contribution in [0.4, 0.5) is 0 Å². The van der Waals surface area contributed by atoms with Crippen LogP contribution in [0.5, 0.6) is 0 Å². The monoisotopic (exact) mass is 317 g/mol. The van der Waals surface area contributed by atoms with Crippen LogP contribution >= 0.6 is 15.9 Å². The molecule has 0 radical (unpaired) electrons. The Morgan fingerprint density at radius 3 is 2.61 bits per heavy atom. The number of aryl methyl sites for hydroxylation is 2. The van der Waals surface area contributed by atoms with E-state index in [1.165, 1.54) is 0 Å². The molecule has 1 rings (SSSR count). The SMILES string of the molecule is CCN(Cc1c(Br)c(C)nn1C)C(C)CC(=O)O. The summed E-state index contributed by atoms with van der Waals surface area (Å²) in [5.74, 6) is -0.763. The van der Waals surface area contributed by atoms with Crippen molar-refractivity contribution < 1.29 is 9.90 Å². The molecule has 0 aliphatic carbocycles. The number of aromatic nitrogens is 2. The second-order valence-electron chi connectivity index (χ2n) is 4.48. The topological polar surface area (TPSA) is 58.4 Å². The van der Waals surface area contributed by atoms with Gasteiger partial charge in [-0.15, -0.1) is 0 Å². The first-order chi connectivity index (χ1) is 8.36. The summed E-state index contributed by atoms with van der Waals surface area (Å²) in [6.45, 7) is 7.43. The molecule has 1 atom stereocenters. The number of aliphatic carboxylic acids is 1. The predicted molar refractivity (Wildman–Crippen MR) is 73.4 cm³/mol. The van der Waals surface area contributed by atoms with E-state index in [0.29, 0.717) is 6.54 Å². The Balaban J connectivity index is 2.82. The van der Waals surface area contributed by atoms with Crippen molar-refractivity contribution in [2.45, 2.75) is 39.8 Å². The zero-order valence-corrected chi connectivity index (χ0v) is 12.9. The van der Waals surface area contributed by atoms with Crippen molar-refractivity contribution >= 4 is 21.9 Å². The molecular formula is C12H20BrN3O2. The van der Waals surface area contributed by atoms with Crippen LogP contribution in [0.1, 0.15) is 31.7 Å². The van der Waals surface area contributed by atoms with E-state index < -0.39 is 5.97 Å². The molecule has 18 heavy (non-hydrogen) atoms. The van der Waals surface area contributed by atoms with Gasteiger partial charge in [0, 0.05) is 19.6 Å². The maximum atomic E-state index is 10.8. The Morgan fingerprint density at radius 1 is 1.61 bits per heavy atom. The average molecular weight is 318 g/mol. The summed E-state index contributed by atoms with van der Waals surface area (Å²) in [5.41, 5.74) is 2.03. The van der Waals surface area contributed by atoms with Crippen molar-refractivity contribution in [1.29, 1.82) is 0 Å². The molecule has 0 saturated carbocycles. The maximum absolute atomic E-state index is 10.8. The molecule has 0 saturated heterocycles. The lowest BCUT2D eigenvalue weighted by Gasteiger charge is -2.26. The molecule has 5 nitrogen and oxygen atoms in total. The lowest BCUT2D eigenvalue weighted by Crippen LogP contribution is -2.34. The van der Waals surface area contributed by atoms with Gasteiger partial charge in [-0.3, -0.25) is 14.4 Å². The van der Waals surface area contributed by atoms with Gasteiger partial charge in [0.1, 0.15) is 0 Å². The van der Waals surface area contributed by atoms with Crippen LogP contribution in [-0.2, 0) is 18.4 Å². The first-order valence-corrected chi connectivity index (χ1v) is 6.79. The van der Waals surface area contributed by atoms with Gasteiger partial charge in [-0.05, 0) is 36.3 Å². The average Bonchev–Trinajstić information content (AvgIpc) is 2.50. The Bertz CT molecular complexity index is 431. The normalized spacial score (nSPS) is 13.0. The Hall–Kier alpha value is -0.880. The third-order valence-electron chi connectivity index (χ3n) is 3.11. The number of rotatable bonds is 6. The van der Waals surface area contributed by atoms with E-state index in [0.717, 1.165) is 22.4 Å². The van der Waals surface area contributed by atoms with Gasteiger partial charge in [-0.2, -0.15) is 5.10 Å². The first-order valence-electron chi connectivity index (χ1n) is 6.00. The van der Waals surface area contributed by atoms with Gasteiger partial charge >= 0.3 is 5.97 Å². The number of halogens is 1. The van der Waals surface area contributed by atoms with Gasteiger partial charge in [0.25, 0.3) is 0 Å². The fourth-order valence-electron chi connectivity index (χ4n) is 2.01. The zero-order chi connectivity index (χ0) is 13.9. The van der Waals surface area contributed by atoms with E-state index >= 15 is 0 Å². The quantitative estimate of drug-likeness (QED) is 0.873. The largest absolute Gasteiger partial charge is 0.481 e. The molecule has 1 N–H and O–H groups in total. The third-order valence-corrected chi connectivity index (χ3v) is 4.15. The van der Waals surface area contributed by atoms with Crippen LogP contribution in [0.15, 0.2) is 4.47 Å². The summed E-state index contributed by atoms with van der Waals surface area (Å²) in [4.78, 5) is 12.9. The number of carbonyl (C=O) groups is 1. The van der Waals surface area contributed by atoms with Crippen LogP contribution in [0, 0.1) is 6.92 Å². The van der Waals surface area contributed by atoms with Crippen LogP contribution in [0.2, 0.25) is 0 Å². The molecule has 6 heteroatoms. The van der Waals surface area contributed by atoms with E-state index in [-0.39, 0.29) is 12.5 Å². The number of carboxylic acids is 1. The summed E-state index contributed by atoms with van der Waals surface area (Å²) >= 11 is 3.53. The van der Waals surface area contributed by atoms with Crippen LogP contribution in [0.25, 0.3) is 0 Å². The minimum atomic E-state index is -0.763. The molecule has 0 fully saturated rings. The third kappa shape index (κ3) is 3.55. The zero-order valence-electron chi connectivity index (χ0n) is 11.3. The molecule has 1 aromatic rings. The van der Waals surface area contributed by atoms with Crippen molar-refractivity contribution in [3.05, 3.63) is 15.9 Å². The second kappa shape index (κ2) is 6.33.